The molecule has 2 aromatic rings. The molecular weight excluding hydrogens is 293 g/mol. The number of anilines is 1. The Labute approximate surface area is 130 Å². The van der Waals surface area contributed by atoms with Gasteiger partial charge in [-0.1, -0.05) is 35.9 Å². The van der Waals surface area contributed by atoms with Gasteiger partial charge in [-0.25, -0.2) is 0 Å². The van der Waals surface area contributed by atoms with E-state index in [-0.39, 0.29) is 18.2 Å². The van der Waals surface area contributed by atoms with Crippen LogP contribution in [0.4, 0.5) is 5.69 Å². The second-order valence-electron chi connectivity index (χ2n) is 4.67. The number of benzene rings is 2. The number of carbonyl (C=O) groups is 1. The van der Waals surface area contributed by atoms with Crippen LogP contribution in [0.1, 0.15) is 15.9 Å². The number of Topliss-reactive ketones (excluding diaryl/α,β-unsaturated/α-hetero) is 1. The van der Waals surface area contributed by atoms with E-state index >= 15 is 0 Å². The van der Waals surface area contributed by atoms with Gasteiger partial charge < -0.3 is 4.90 Å². The summed E-state index contributed by atoms with van der Waals surface area (Å²) in [7, 11) is 3.92. The lowest BCUT2D eigenvalue weighted by molar-refractivity contribution is 0.0993. The third-order valence-electron chi connectivity index (χ3n) is 2.94. The van der Waals surface area contributed by atoms with E-state index in [0.717, 1.165) is 16.8 Å². The summed E-state index contributed by atoms with van der Waals surface area (Å²) < 4.78 is 0. The zero-order valence-electron chi connectivity index (χ0n) is 11.5. The number of carbonyl (C=O) groups excluding carboxylic acids is 1. The number of hydrogen-bond donors (Lipinski definition) is 0. The Bertz CT molecular complexity index is 597. The van der Waals surface area contributed by atoms with Crippen LogP contribution in [0.15, 0.2) is 48.5 Å². The van der Waals surface area contributed by atoms with E-state index in [2.05, 4.69) is 0 Å². The van der Waals surface area contributed by atoms with Crippen LogP contribution in [-0.2, 0) is 6.42 Å². The Morgan fingerprint density at radius 3 is 2.45 bits per heavy atom. The van der Waals surface area contributed by atoms with Gasteiger partial charge >= 0.3 is 0 Å². The van der Waals surface area contributed by atoms with Gasteiger partial charge in [-0.3, -0.25) is 4.79 Å². The molecule has 0 aliphatic heterocycles. The van der Waals surface area contributed by atoms with Gasteiger partial charge in [-0.15, -0.1) is 12.4 Å². The van der Waals surface area contributed by atoms with E-state index in [0.29, 0.717) is 11.4 Å². The molecule has 0 unspecified atom stereocenters. The Kier molecular flexibility index (Phi) is 6.05. The molecule has 0 aliphatic rings. The fourth-order valence-electron chi connectivity index (χ4n) is 1.89. The minimum Gasteiger partial charge on any atom is -0.378 e. The van der Waals surface area contributed by atoms with Crippen LogP contribution in [0.25, 0.3) is 0 Å². The quantitative estimate of drug-likeness (QED) is 0.787. The summed E-state index contributed by atoms with van der Waals surface area (Å²) in [5, 5.41) is 0.660. The molecule has 0 aliphatic carbocycles. The van der Waals surface area contributed by atoms with Gasteiger partial charge in [0, 0.05) is 36.8 Å². The maximum atomic E-state index is 12.2. The van der Waals surface area contributed by atoms with E-state index in [4.69, 9.17) is 11.6 Å². The predicted octanol–water partition coefficient (Wildman–Crippen LogP) is 4.25. The van der Waals surface area contributed by atoms with Gasteiger partial charge in [0.05, 0.1) is 0 Å². The highest BCUT2D eigenvalue weighted by atomic mass is 35.5. The van der Waals surface area contributed by atoms with Gasteiger partial charge in [0.25, 0.3) is 0 Å². The zero-order chi connectivity index (χ0) is 13.8. The molecule has 0 bridgehead atoms. The van der Waals surface area contributed by atoms with Gasteiger partial charge in [-0.05, 0) is 29.8 Å². The lowest BCUT2D eigenvalue weighted by Gasteiger charge is -2.13. The van der Waals surface area contributed by atoms with Crippen molar-refractivity contribution < 1.29 is 4.79 Å². The van der Waals surface area contributed by atoms with Crippen molar-refractivity contribution in [2.24, 2.45) is 0 Å². The van der Waals surface area contributed by atoms with Crippen molar-refractivity contribution in [3.05, 3.63) is 64.7 Å². The van der Waals surface area contributed by atoms with E-state index in [9.17, 15) is 4.79 Å². The van der Waals surface area contributed by atoms with E-state index in [1.54, 1.807) is 0 Å². The van der Waals surface area contributed by atoms with Gasteiger partial charge in [0.15, 0.2) is 5.78 Å². The summed E-state index contributed by atoms with van der Waals surface area (Å²) in [6.07, 6.45) is 0.372. The summed E-state index contributed by atoms with van der Waals surface area (Å²) in [4.78, 5) is 14.2. The largest absolute Gasteiger partial charge is 0.378 e. The fourth-order valence-corrected chi connectivity index (χ4v) is 2.10. The third kappa shape index (κ3) is 4.26. The molecule has 0 saturated heterocycles. The first-order valence-corrected chi connectivity index (χ1v) is 6.49. The van der Waals surface area contributed by atoms with Crippen molar-refractivity contribution in [2.75, 3.05) is 19.0 Å². The molecule has 0 saturated carbocycles. The van der Waals surface area contributed by atoms with Crippen molar-refractivity contribution in [1.29, 1.82) is 0 Å². The highest BCUT2D eigenvalue weighted by molar-refractivity contribution is 6.30. The van der Waals surface area contributed by atoms with Crippen molar-refractivity contribution in [3.63, 3.8) is 0 Å². The first kappa shape index (κ1) is 16.5. The Hall–Kier alpha value is -1.51. The molecule has 20 heavy (non-hydrogen) atoms. The molecule has 0 atom stereocenters. The average molecular weight is 310 g/mol. The first-order chi connectivity index (χ1) is 9.06. The highest BCUT2D eigenvalue weighted by Gasteiger charge is 2.08. The SMILES string of the molecule is CN(C)c1cccc(C(=O)Cc2cccc(Cl)c2)c1.Cl. The van der Waals surface area contributed by atoms with Crippen LogP contribution in [0.5, 0.6) is 0 Å². The molecule has 2 rings (SSSR count). The summed E-state index contributed by atoms with van der Waals surface area (Å²) in [5.74, 6) is 0.103. The van der Waals surface area contributed by atoms with E-state index in [1.807, 2.05) is 67.5 Å². The average Bonchev–Trinajstić information content (AvgIpc) is 2.39. The molecule has 0 spiro atoms. The van der Waals surface area contributed by atoms with Gasteiger partial charge in [0.1, 0.15) is 0 Å². The summed E-state index contributed by atoms with van der Waals surface area (Å²) >= 11 is 5.92. The molecule has 0 N–H and O–H groups in total. The second-order valence-corrected chi connectivity index (χ2v) is 5.11. The lowest BCUT2D eigenvalue weighted by atomic mass is 10.0. The molecule has 2 aromatic carbocycles. The van der Waals surface area contributed by atoms with Crippen LogP contribution in [0.2, 0.25) is 5.02 Å². The minimum atomic E-state index is 0. The number of rotatable bonds is 4. The standard InChI is InChI=1S/C16H16ClNO.ClH/c1-18(2)15-8-4-6-13(11-15)16(19)10-12-5-3-7-14(17)9-12;/h3-9,11H,10H2,1-2H3;1H. The molecular formula is C16H17Cl2NO. The molecule has 0 heterocycles. The number of ketones is 1. The number of hydrogen-bond acceptors (Lipinski definition) is 2. The smallest absolute Gasteiger partial charge is 0.167 e. The third-order valence-corrected chi connectivity index (χ3v) is 3.17. The number of halogens is 2. The van der Waals surface area contributed by atoms with E-state index < -0.39 is 0 Å². The van der Waals surface area contributed by atoms with Crippen molar-refractivity contribution >= 4 is 35.5 Å². The predicted molar refractivity (Wildman–Crippen MR) is 87.5 cm³/mol. The zero-order valence-corrected chi connectivity index (χ0v) is 13.0. The van der Waals surface area contributed by atoms with Crippen LogP contribution >= 0.6 is 24.0 Å². The molecule has 0 radical (unpaired) electrons. The first-order valence-electron chi connectivity index (χ1n) is 6.11. The van der Waals surface area contributed by atoms with Crippen molar-refractivity contribution in [2.45, 2.75) is 6.42 Å². The minimum absolute atomic E-state index is 0. The molecule has 106 valence electrons. The lowest BCUT2D eigenvalue weighted by Crippen LogP contribution is -2.10. The molecule has 2 nitrogen and oxygen atoms in total. The Morgan fingerprint density at radius 1 is 1.10 bits per heavy atom. The fraction of sp³-hybridized carbons (Fsp3) is 0.188. The molecule has 4 heteroatoms. The van der Waals surface area contributed by atoms with Crippen LogP contribution < -0.4 is 4.90 Å². The Morgan fingerprint density at radius 2 is 1.80 bits per heavy atom. The van der Waals surface area contributed by atoms with Crippen LogP contribution in [0.3, 0.4) is 0 Å². The van der Waals surface area contributed by atoms with Crippen LogP contribution in [-0.4, -0.2) is 19.9 Å². The topological polar surface area (TPSA) is 20.3 Å². The summed E-state index contributed by atoms with van der Waals surface area (Å²) in [5.41, 5.74) is 2.69. The maximum Gasteiger partial charge on any atom is 0.167 e. The highest BCUT2D eigenvalue weighted by Crippen LogP contribution is 2.17. The normalized spacial score (nSPS) is 9.75. The second kappa shape index (κ2) is 7.32. The van der Waals surface area contributed by atoms with Gasteiger partial charge in [0.2, 0.25) is 0 Å². The van der Waals surface area contributed by atoms with Crippen molar-refractivity contribution in [3.8, 4) is 0 Å². The maximum absolute atomic E-state index is 12.2. The Balaban J connectivity index is 0.00000200. The van der Waals surface area contributed by atoms with Crippen molar-refractivity contribution in [1.82, 2.24) is 0 Å². The van der Waals surface area contributed by atoms with E-state index in [1.165, 1.54) is 0 Å². The molecule has 0 aromatic heterocycles. The monoisotopic (exact) mass is 309 g/mol. The molecule has 0 fully saturated rings. The summed E-state index contributed by atoms with van der Waals surface area (Å²) in [6, 6.07) is 15.1. The number of nitrogens with zero attached hydrogens (tertiary/aromatic N) is 1. The summed E-state index contributed by atoms with van der Waals surface area (Å²) in [6.45, 7) is 0. The van der Waals surface area contributed by atoms with Crippen LogP contribution in [0, 0.1) is 0 Å². The van der Waals surface area contributed by atoms with Gasteiger partial charge in [-0.2, -0.15) is 0 Å². The molecule has 0 amide bonds.